The number of aliphatic carboxylic acids is 1. The van der Waals surface area contributed by atoms with E-state index in [9.17, 15) is 13.2 Å². The van der Waals surface area contributed by atoms with Crippen LogP contribution in [0.3, 0.4) is 0 Å². The maximum Gasteiger partial charge on any atom is 0.490 e. The Balaban J connectivity index is 0.000000381. The fraction of sp³-hybridized carbons (Fsp3) is 0.389. The van der Waals surface area contributed by atoms with Crippen molar-refractivity contribution in [2.24, 2.45) is 5.73 Å². The van der Waals surface area contributed by atoms with Gasteiger partial charge in [0.15, 0.2) is 0 Å². The number of carbonyl (C=O) groups is 1. The second-order valence-electron chi connectivity index (χ2n) is 6.35. The van der Waals surface area contributed by atoms with Crippen LogP contribution in [-0.2, 0) is 11.2 Å². The van der Waals surface area contributed by atoms with E-state index in [4.69, 9.17) is 15.6 Å². The predicted molar refractivity (Wildman–Crippen MR) is 94.7 cm³/mol. The van der Waals surface area contributed by atoms with E-state index in [1.54, 1.807) is 11.3 Å². The number of carboxylic acid groups (broad SMARTS) is 1. The van der Waals surface area contributed by atoms with Crippen LogP contribution in [0.4, 0.5) is 13.2 Å². The maximum absolute atomic E-state index is 10.6. The highest BCUT2D eigenvalue weighted by Gasteiger charge is 2.38. The van der Waals surface area contributed by atoms with Gasteiger partial charge in [0.2, 0.25) is 0 Å². The van der Waals surface area contributed by atoms with E-state index in [-0.39, 0.29) is 5.54 Å². The van der Waals surface area contributed by atoms with Crippen molar-refractivity contribution < 1.29 is 23.1 Å². The van der Waals surface area contributed by atoms with E-state index >= 15 is 0 Å². The van der Waals surface area contributed by atoms with Gasteiger partial charge in [-0.1, -0.05) is 24.3 Å². The van der Waals surface area contributed by atoms with Gasteiger partial charge in [0.25, 0.3) is 0 Å². The van der Waals surface area contributed by atoms with Crippen molar-refractivity contribution in [3.05, 3.63) is 46.7 Å². The zero-order chi connectivity index (χ0) is 19.1. The topological polar surface area (TPSA) is 63.3 Å². The summed E-state index contributed by atoms with van der Waals surface area (Å²) < 4.78 is 31.7. The van der Waals surface area contributed by atoms with Gasteiger partial charge in [-0.15, -0.1) is 0 Å². The van der Waals surface area contributed by atoms with Crippen LogP contribution < -0.4 is 5.73 Å². The lowest BCUT2D eigenvalue weighted by molar-refractivity contribution is -0.192. The first kappa shape index (κ1) is 21.2. The Morgan fingerprint density at radius 2 is 1.68 bits per heavy atom. The van der Waals surface area contributed by atoms with E-state index in [0.717, 1.165) is 19.3 Å². The molecule has 0 radical (unpaired) electrons. The van der Waals surface area contributed by atoms with Crippen LogP contribution in [0.1, 0.15) is 32.3 Å². The van der Waals surface area contributed by atoms with Gasteiger partial charge < -0.3 is 10.8 Å². The number of carboxylic acids is 1. The first-order valence-corrected chi connectivity index (χ1v) is 8.64. The fourth-order valence-electron chi connectivity index (χ4n) is 2.04. The molecule has 0 aliphatic rings. The molecule has 0 spiro atoms. The van der Waals surface area contributed by atoms with Crippen LogP contribution in [0, 0.1) is 0 Å². The van der Waals surface area contributed by atoms with Gasteiger partial charge in [0.05, 0.1) is 0 Å². The summed E-state index contributed by atoms with van der Waals surface area (Å²) in [5.41, 5.74) is 9.96. The number of benzene rings is 1. The van der Waals surface area contributed by atoms with Gasteiger partial charge >= 0.3 is 12.1 Å². The molecule has 0 atom stereocenters. The summed E-state index contributed by atoms with van der Waals surface area (Å²) in [6.07, 6.45) is -1.74. The zero-order valence-electron chi connectivity index (χ0n) is 14.1. The Bertz CT molecular complexity index is 644. The molecule has 7 heteroatoms. The molecule has 0 saturated carbocycles. The van der Waals surface area contributed by atoms with Gasteiger partial charge in [-0.3, -0.25) is 0 Å². The first-order chi connectivity index (χ1) is 11.5. The summed E-state index contributed by atoms with van der Waals surface area (Å²) in [6, 6.07) is 11.1. The summed E-state index contributed by atoms with van der Waals surface area (Å²) >= 11 is 1.74. The molecule has 0 amide bonds. The van der Waals surface area contributed by atoms with Crippen molar-refractivity contribution in [3.63, 3.8) is 0 Å². The number of halogens is 3. The summed E-state index contributed by atoms with van der Waals surface area (Å²) in [5.74, 6) is -2.76. The first-order valence-electron chi connectivity index (χ1n) is 7.69. The van der Waals surface area contributed by atoms with Gasteiger partial charge in [-0.2, -0.15) is 24.5 Å². The Hall–Kier alpha value is -1.86. The molecule has 0 saturated heterocycles. The summed E-state index contributed by atoms with van der Waals surface area (Å²) in [4.78, 5) is 8.90. The fourth-order valence-corrected chi connectivity index (χ4v) is 2.71. The average Bonchev–Trinajstić information content (AvgIpc) is 3.00. The van der Waals surface area contributed by atoms with Crippen LogP contribution in [0.5, 0.6) is 0 Å². The Labute approximate surface area is 149 Å². The smallest absolute Gasteiger partial charge is 0.475 e. The van der Waals surface area contributed by atoms with Gasteiger partial charge in [-0.25, -0.2) is 4.79 Å². The lowest BCUT2D eigenvalue weighted by Crippen LogP contribution is -2.31. The third kappa shape index (κ3) is 8.69. The minimum absolute atomic E-state index is 0.0450. The molecule has 3 nitrogen and oxygen atoms in total. The standard InChI is InChI=1S/C16H21NS.C2HF3O2/c1-16(2,17)10-3-4-13-5-7-14(8-6-13)15-9-11-18-12-15;3-2(4,5)1(6)7/h5-9,11-12H,3-4,10,17H2,1-2H3;(H,6,7). The number of nitrogens with two attached hydrogens (primary N) is 1. The van der Waals surface area contributed by atoms with Crippen molar-refractivity contribution in [2.75, 3.05) is 0 Å². The number of aryl methyl sites for hydroxylation is 1. The van der Waals surface area contributed by atoms with E-state index in [2.05, 4.69) is 54.9 Å². The second-order valence-corrected chi connectivity index (χ2v) is 7.13. The summed E-state index contributed by atoms with van der Waals surface area (Å²) in [6.45, 7) is 4.18. The number of alkyl halides is 3. The highest BCUT2D eigenvalue weighted by molar-refractivity contribution is 7.08. The SMILES string of the molecule is CC(C)(N)CCCc1ccc(-c2ccsc2)cc1.O=C(O)C(F)(F)F. The molecule has 3 N–H and O–H groups in total. The molecule has 138 valence electrons. The van der Waals surface area contributed by atoms with Crippen LogP contribution >= 0.6 is 11.3 Å². The lowest BCUT2D eigenvalue weighted by Gasteiger charge is -2.17. The maximum atomic E-state index is 10.6. The molecule has 1 aromatic carbocycles. The van der Waals surface area contributed by atoms with Crippen molar-refractivity contribution in [2.45, 2.75) is 44.8 Å². The Kier molecular flexibility index (Phi) is 7.63. The van der Waals surface area contributed by atoms with Gasteiger partial charge in [0, 0.05) is 5.54 Å². The van der Waals surface area contributed by atoms with Gasteiger partial charge in [-0.05, 0) is 66.6 Å². The normalized spacial score (nSPS) is 11.6. The van der Waals surface area contributed by atoms with E-state index in [0.29, 0.717) is 0 Å². The molecule has 0 unspecified atom stereocenters. The molecular weight excluding hydrogens is 351 g/mol. The van der Waals surface area contributed by atoms with E-state index in [1.807, 2.05) is 0 Å². The molecule has 25 heavy (non-hydrogen) atoms. The van der Waals surface area contributed by atoms with Gasteiger partial charge in [0.1, 0.15) is 0 Å². The minimum atomic E-state index is -5.08. The molecule has 1 heterocycles. The Morgan fingerprint density at radius 1 is 1.12 bits per heavy atom. The molecular formula is C18H22F3NO2S. The third-order valence-corrected chi connectivity index (χ3v) is 4.02. The number of rotatable bonds is 5. The summed E-state index contributed by atoms with van der Waals surface area (Å²) in [5, 5.41) is 11.4. The number of hydrogen-bond donors (Lipinski definition) is 2. The van der Waals surface area contributed by atoms with Crippen molar-refractivity contribution in [1.29, 1.82) is 0 Å². The molecule has 0 bridgehead atoms. The monoisotopic (exact) mass is 373 g/mol. The Morgan fingerprint density at radius 3 is 2.08 bits per heavy atom. The third-order valence-electron chi connectivity index (χ3n) is 3.34. The van der Waals surface area contributed by atoms with E-state index in [1.165, 1.54) is 16.7 Å². The van der Waals surface area contributed by atoms with Crippen molar-refractivity contribution >= 4 is 17.3 Å². The highest BCUT2D eigenvalue weighted by atomic mass is 32.1. The lowest BCUT2D eigenvalue weighted by atomic mass is 9.96. The molecule has 1 aromatic heterocycles. The molecule has 0 aliphatic carbocycles. The molecule has 0 fully saturated rings. The molecule has 2 aromatic rings. The number of thiophene rings is 1. The number of hydrogen-bond acceptors (Lipinski definition) is 3. The van der Waals surface area contributed by atoms with Crippen molar-refractivity contribution in [3.8, 4) is 11.1 Å². The van der Waals surface area contributed by atoms with Crippen LogP contribution in [0.25, 0.3) is 11.1 Å². The van der Waals surface area contributed by atoms with E-state index < -0.39 is 12.1 Å². The second kappa shape index (κ2) is 9.01. The van der Waals surface area contributed by atoms with Crippen molar-refractivity contribution in [1.82, 2.24) is 0 Å². The highest BCUT2D eigenvalue weighted by Crippen LogP contribution is 2.23. The van der Waals surface area contributed by atoms with Crippen LogP contribution in [0.2, 0.25) is 0 Å². The zero-order valence-corrected chi connectivity index (χ0v) is 15.0. The predicted octanol–water partition coefficient (Wildman–Crippen LogP) is 5.11. The van der Waals surface area contributed by atoms with Crippen LogP contribution in [-0.4, -0.2) is 22.8 Å². The molecule has 0 aliphatic heterocycles. The van der Waals surface area contributed by atoms with Crippen LogP contribution in [0.15, 0.2) is 41.1 Å². The average molecular weight is 373 g/mol. The molecule has 2 rings (SSSR count). The summed E-state index contributed by atoms with van der Waals surface area (Å²) in [7, 11) is 0. The largest absolute Gasteiger partial charge is 0.490 e. The quantitative estimate of drug-likeness (QED) is 0.766. The minimum Gasteiger partial charge on any atom is -0.475 e.